The van der Waals surface area contributed by atoms with Gasteiger partial charge >= 0.3 is 5.97 Å². The Balaban J connectivity index is 2.05. The Kier molecular flexibility index (Phi) is 4.55. The van der Waals surface area contributed by atoms with Crippen LogP contribution in [0.2, 0.25) is 0 Å². The van der Waals surface area contributed by atoms with Gasteiger partial charge in [0.2, 0.25) is 5.91 Å². The Labute approximate surface area is 113 Å². The van der Waals surface area contributed by atoms with E-state index in [2.05, 4.69) is 0 Å². The minimum atomic E-state index is -0.858. The molecule has 1 N–H and O–H groups in total. The molecule has 1 unspecified atom stereocenters. The van der Waals surface area contributed by atoms with Gasteiger partial charge in [-0.15, -0.1) is 0 Å². The highest BCUT2D eigenvalue weighted by molar-refractivity contribution is 5.78. The van der Waals surface area contributed by atoms with Crippen LogP contribution in [0.1, 0.15) is 37.2 Å². The summed E-state index contributed by atoms with van der Waals surface area (Å²) in [6.07, 6.45) is 2.40. The lowest BCUT2D eigenvalue weighted by Gasteiger charge is -2.20. The number of carbonyl (C=O) groups excluding carboxylic acids is 1. The average molecular weight is 261 g/mol. The minimum absolute atomic E-state index is 0.00356. The van der Waals surface area contributed by atoms with Crippen LogP contribution in [0.4, 0.5) is 0 Å². The summed E-state index contributed by atoms with van der Waals surface area (Å²) in [6, 6.07) is 9.44. The van der Waals surface area contributed by atoms with Crippen LogP contribution in [0, 0.1) is 0 Å². The van der Waals surface area contributed by atoms with Crippen molar-refractivity contribution in [2.45, 2.75) is 31.6 Å². The first-order valence-electron chi connectivity index (χ1n) is 6.71. The number of carbonyl (C=O) groups is 2. The van der Waals surface area contributed by atoms with Crippen LogP contribution in [0.25, 0.3) is 0 Å². The van der Waals surface area contributed by atoms with Crippen molar-refractivity contribution in [1.29, 1.82) is 0 Å². The van der Waals surface area contributed by atoms with Gasteiger partial charge < -0.3 is 10.0 Å². The summed E-state index contributed by atoms with van der Waals surface area (Å²) < 4.78 is 0. The number of amides is 1. The molecular formula is C15H19NO3. The topological polar surface area (TPSA) is 57.6 Å². The van der Waals surface area contributed by atoms with Gasteiger partial charge in [-0.05, 0) is 18.4 Å². The molecule has 1 heterocycles. The third-order valence-corrected chi connectivity index (χ3v) is 3.57. The number of likely N-dealkylation sites (tertiary alicyclic amines) is 1. The molecule has 1 fully saturated rings. The first kappa shape index (κ1) is 13.6. The fraction of sp³-hybridized carbons (Fsp3) is 0.467. The fourth-order valence-corrected chi connectivity index (χ4v) is 2.55. The van der Waals surface area contributed by atoms with Gasteiger partial charge in [0.05, 0.1) is 6.42 Å². The first-order chi connectivity index (χ1) is 9.16. The Bertz CT molecular complexity index is 438. The van der Waals surface area contributed by atoms with E-state index >= 15 is 0 Å². The standard InChI is InChI=1S/C15H19NO3/c17-14(16-8-4-5-9-16)10-13(11-15(18)19)12-6-2-1-3-7-12/h1-3,6-7,13H,4-5,8-11H2,(H,18,19). The van der Waals surface area contributed by atoms with Crippen LogP contribution in [-0.4, -0.2) is 35.0 Å². The highest BCUT2D eigenvalue weighted by Crippen LogP contribution is 2.25. The van der Waals surface area contributed by atoms with Crippen molar-refractivity contribution in [3.63, 3.8) is 0 Å². The Morgan fingerprint density at radius 2 is 1.74 bits per heavy atom. The Morgan fingerprint density at radius 3 is 2.32 bits per heavy atom. The quantitative estimate of drug-likeness (QED) is 0.884. The second kappa shape index (κ2) is 6.36. The van der Waals surface area contributed by atoms with Crippen molar-refractivity contribution in [3.8, 4) is 0 Å². The van der Waals surface area contributed by atoms with E-state index in [1.165, 1.54) is 0 Å². The van der Waals surface area contributed by atoms with E-state index in [1.807, 2.05) is 35.2 Å². The van der Waals surface area contributed by atoms with Gasteiger partial charge in [0.1, 0.15) is 0 Å². The molecule has 0 spiro atoms. The summed E-state index contributed by atoms with van der Waals surface area (Å²) in [6.45, 7) is 1.63. The monoisotopic (exact) mass is 261 g/mol. The van der Waals surface area contributed by atoms with Crippen molar-refractivity contribution in [2.75, 3.05) is 13.1 Å². The summed E-state index contributed by atoms with van der Waals surface area (Å²) in [5.74, 6) is -1.01. The summed E-state index contributed by atoms with van der Waals surface area (Å²) in [7, 11) is 0. The summed E-state index contributed by atoms with van der Waals surface area (Å²) in [4.78, 5) is 24.9. The molecule has 4 nitrogen and oxygen atoms in total. The molecular weight excluding hydrogens is 242 g/mol. The lowest BCUT2D eigenvalue weighted by molar-refractivity contribution is -0.137. The Hall–Kier alpha value is -1.84. The van der Waals surface area contributed by atoms with Crippen LogP contribution < -0.4 is 0 Å². The van der Waals surface area contributed by atoms with Crippen molar-refractivity contribution >= 4 is 11.9 Å². The number of carboxylic acids is 1. The van der Waals surface area contributed by atoms with Crippen LogP contribution in [0.5, 0.6) is 0 Å². The zero-order valence-corrected chi connectivity index (χ0v) is 10.9. The zero-order chi connectivity index (χ0) is 13.7. The molecule has 1 atom stereocenters. The molecule has 2 rings (SSSR count). The number of nitrogens with zero attached hydrogens (tertiary/aromatic N) is 1. The lowest BCUT2D eigenvalue weighted by atomic mass is 9.92. The van der Waals surface area contributed by atoms with Crippen LogP contribution in [0.15, 0.2) is 30.3 Å². The zero-order valence-electron chi connectivity index (χ0n) is 10.9. The molecule has 1 aliphatic heterocycles. The normalized spacial score (nSPS) is 16.3. The number of benzene rings is 1. The summed E-state index contributed by atoms with van der Waals surface area (Å²) >= 11 is 0. The molecule has 102 valence electrons. The van der Waals surface area contributed by atoms with Gasteiger partial charge in [-0.25, -0.2) is 0 Å². The number of hydrogen-bond donors (Lipinski definition) is 1. The molecule has 0 aromatic heterocycles. The smallest absolute Gasteiger partial charge is 0.303 e. The van der Waals surface area contributed by atoms with Gasteiger partial charge in [0.25, 0.3) is 0 Å². The molecule has 19 heavy (non-hydrogen) atoms. The second-order valence-corrected chi connectivity index (χ2v) is 5.00. The van der Waals surface area contributed by atoms with Gasteiger partial charge in [-0.1, -0.05) is 30.3 Å². The van der Waals surface area contributed by atoms with E-state index < -0.39 is 5.97 Å². The molecule has 1 aromatic rings. The van der Waals surface area contributed by atoms with Gasteiger partial charge in [-0.3, -0.25) is 9.59 Å². The van der Waals surface area contributed by atoms with E-state index in [1.54, 1.807) is 0 Å². The molecule has 1 aliphatic rings. The third kappa shape index (κ3) is 3.81. The number of carboxylic acid groups (broad SMARTS) is 1. The third-order valence-electron chi connectivity index (χ3n) is 3.57. The van der Waals surface area contributed by atoms with E-state index in [4.69, 9.17) is 5.11 Å². The van der Waals surface area contributed by atoms with E-state index in [9.17, 15) is 9.59 Å². The van der Waals surface area contributed by atoms with Crippen molar-refractivity contribution in [2.24, 2.45) is 0 Å². The molecule has 0 saturated carbocycles. The maximum absolute atomic E-state index is 12.1. The largest absolute Gasteiger partial charge is 0.481 e. The Morgan fingerprint density at radius 1 is 1.11 bits per heavy atom. The van der Waals surface area contributed by atoms with E-state index in [0.717, 1.165) is 31.5 Å². The second-order valence-electron chi connectivity index (χ2n) is 5.00. The highest BCUT2D eigenvalue weighted by Gasteiger charge is 2.24. The lowest BCUT2D eigenvalue weighted by Crippen LogP contribution is -2.29. The van der Waals surface area contributed by atoms with Crippen LogP contribution in [0.3, 0.4) is 0 Å². The van der Waals surface area contributed by atoms with Crippen molar-refractivity contribution < 1.29 is 14.7 Å². The molecule has 0 bridgehead atoms. The number of rotatable bonds is 5. The fourth-order valence-electron chi connectivity index (χ4n) is 2.55. The van der Waals surface area contributed by atoms with Crippen molar-refractivity contribution in [3.05, 3.63) is 35.9 Å². The number of hydrogen-bond acceptors (Lipinski definition) is 2. The maximum Gasteiger partial charge on any atom is 0.303 e. The molecule has 4 heteroatoms. The minimum Gasteiger partial charge on any atom is -0.481 e. The van der Waals surface area contributed by atoms with Gasteiger partial charge in [-0.2, -0.15) is 0 Å². The highest BCUT2D eigenvalue weighted by atomic mass is 16.4. The molecule has 0 aliphatic carbocycles. The van der Waals surface area contributed by atoms with Gasteiger partial charge in [0.15, 0.2) is 0 Å². The molecule has 1 saturated heterocycles. The SMILES string of the molecule is O=C(O)CC(CC(=O)N1CCCC1)c1ccccc1. The average Bonchev–Trinajstić information content (AvgIpc) is 2.92. The number of aliphatic carboxylic acids is 1. The van der Waals surface area contributed by atoms with Gasteiger partial charge in [0, 0.05) is 25.4 Å². The molecule has 1 aromatic carbocycles. The van der Waals surface area contributed by atoms with Crippen LogP contribution in [-0.2, 0) is 9.59 Å². The summed E-state index contributed by atoms with van der Waals surface area (Å²) in [5.41, 5.74) is 0.928. The van der Waals surface area contributed by atoms with E-state index in [0.29, 0.717) is 0 Å². The predicted octanol–water partition coefficient (Wildman–Crippen LogP) is 2.26. The summed E-state index contributed by atoms with van der Waals surface area (Å²) in [5, 5.41) is 9.00. The molecule has 1 amide bonds. The van der Waals surface area contributed by atoms with Crippen LogP contribution >= 0.6 is 0 Å². The molecule has 0 radical (unpaired) electrons. The van der Waals surface area contributed by atoms with Crippen molar-refractivity contribution in [1.82, 2.24) is 4.90 Å². The first-order valence-corrected chi connectivity index (χ1v) is 6.71. The predicted molar refractivity (Wildman–Crippen MR) is 71.9 cm³/mol. The van der Waals surface area contributed by atoms with E-state index in [-0.39, 0.29) is 24.7 Å². The maximum atomic E-state index is 12.1.